The maximum Gasteiger partial charge on any atom is 0.268 e. The van der Waals surface area contributed by atoms with Gasteiger partial charge >= 0.3 is 0 Å². The monoisotopic (exact) mass is 430 g/mol. The summed E-state index contributed by atoms with van der Waals surface area (Å²) in [6.07, 6.45) is 2.77. The van der Waals surface area contributed by atoms with Gasteiger partial charge in [0, 0.05) is 28.8 Å². The predicted molar refractivity (Wildman–Crippen MR) is 112 cm³/mol. The number of halogens is 2. The Balaban J connectivity index is 1.60. The van der Waals surface area contributed by atoms with E-state index >= 15 is 0 Å². The number of anilines is 1. The normalized spacial score (nSPS) is 23.6. The Morgan fingerprint density at radius 2 is 2.03 bits per heavy atom. The van der Waals surface area contributed by atoms with Crippen molar-refractivity contribution < 1.29 is 14.0 Å². The summed E-state index contributed by atoms with van der Waals surface area (Å²) in [6.45, 7) is 0.784. The van der Waals surface area contributed by atoms with Crippen LogP contribution in [0.4, 0.5) is 10.1 Å². The number of nitrogens with zero attached hydrogens (tertiary/aromatic N) is 2. The fraction of sp³-hybridized carbons (Fsp3) is 0.364. The number of benzene rings is 2. The Morgan fingerprint density at radius 1 is 1.24 bits per heavy atom. The topological polar surface area (TPSA) is 40.6 Å². The Kier molecular flexibility index (Phi) is 4.59. The molecule has 2 aliphatic heterocycles. The van der Waals surface area contributed by atoms with Crippen LogP contribution in [0.25, 0.3) is 0 Å². The molecule has 0 bridgehead atoms. The SMILES string of the molecule is O=C(C1CCC1)N1CCSC12C(=O)N(Cc1ccccc1Cl)c1ccc(F)cc12. The van der Waals surface area contributed by atoms with Crippen LogP contribution in [0.3, 0.4) is 0 Å². The first-order valence-electron chi connectivity index (χ1n) is 9.83. The molecule has 1 atom stereocenters. The Labute approximate surface area is 178 Å². The number of carbonyl (C=O) groups excluding carboxylic acids is 2. The van der Waals surface area contributed by atoms with E-state index in [-0.39, 0.29) is 24.3 Å². The number of hydrogen-bond acceptors (Lipinski definition) is 3. The molecule has 0 radical (unpaired) electrons. The standard InChI is InChI=1S/C22H20ClFN2O2S/c23-18-7-2-1-4-15(18)13-25-19-9-8-16(24)12-17(19)22(21(25)28)26(10-11-29-22)20(27)14-5-3-6-14/h1-2,4,7-9,12,14H,3,5-6,10-11,13H2. The van der Waals surface area contributed by atoms with Gasteiger partial charge in [-0.05, 0) is 42.7 Å². The summed E-state index contributed by atoms with van der Waals surface area (Å²) in [5, 5.41) is 0.575. The third-order valence-electron chi connectivity index (χ3n) is 6.16. The molecule has 1 aliphatic carbocycles. The summed E-state index contributed by atoms with van der Waals surface area (Å²) in [4.78, 5) is 29.2. The number of amides is 2. The third kappa shape index (κ3) is 2.80. The highest BCUT2D eigenvalue weighted by Gasteiger charge is 2.60. The van der Waals surface area contributed by atoms with Crippen LogP contribution in [0, 0.1) is 11.7 Å². The van der Waals surface area contributed by atoms with Gasteiger partial charge in [-0.15, -0.1) is 11.8 Å². The van der Waals surface area contributed by atoms with E-state index in [1.54, 1.807) is 21.9 Å². The maximum absolute atomic E-state index is 14.2. The third-order valence-corrected chi connectivity index (χ3v) is 7.95. The zero-order valence-electron chi connectivity index (χ0n) is 15.7. The molecule has 1 saturated heterocycles. The van der Waals surface area contributed by atoms with Crippen LogP contribution >= 0.6 is 23.4 Å². The van der Waals surface area contributed by atoms with Crippen molar-refractivity contribution in [2.24, 2.45) is 5.92 Å². The molecule has 2 amide bonds. The Morgan fingerprint density at radius 3 is 2.76 bits per heavy atom. The Bertz CT molecular complexity index is 1010. The summed E-state index contributed by atoms with van der Waals surface area (Å²) in [5.41, 5.74) is 2.04. The Hall–Kier alpha value is -2.05. The van der Waals surface area contributed by atoms with Crippen LogP contribution < -0.4 is 4.90 Å². The van der Waals surface area contributed by atoms with Gasteiger partial charge in [0.2, 0.25) is 5.91 Å². The molecule has 0 N–H and O–H groups in total. The summed E-state index contributed by atoms with van der Waals surface area (Å²) in [7, 11) is 0. The highest BCUT2D eigenvalue weighted by Crippen LogP contribution is 2.55. The molecule has 2 aromatic rings. The van der Waals surface area contributed by atoms with E-state index in [4.69, 9.17) is 11.6 Å². The lowest BCUT2D eigenvalue weighted by Crippen LogP contribution is -2.52. The first-order valence-corrected chi connectivity index (χ1v) is 11.2. The number of fused-ring (bicyclic) bond motifs is 2. The molecule has 1 saturated carbocycles. The van der Waals surface area contributed by atoms with Crippen molar-refractivity contribution in [1.29, 1.82) is 0 Å². The first-order chi connectivity index (χ1) is 14.0. The summed E-state index contributed by atoms with van der Waals surface area (Å²) in [6, 6.07) is 11.8. The van der Waals surface area contributed by atoms with E-state index in [9.17, 15) is 14.0 Å². The molecule has 7 heteroatoms. The second kappa shape index (κ2) is 7.03. The van der Waals surface area contributed by atoms with Crippen molar-refractivity contribution in [3.05, 3.63) is 64.4 Å². The molecule has 1 unspecified atom stereocenters. The van der Waals surface area contributed by atoms with Gasteiger partial charge < -0.3 is 9.80 Å². The molecule has 1 spiro atoms. The average molecular weight is 431 g/mol. The van der Waals surface area contributed by atoms with Crippen molar-refractivity contribution in [2.75, 3.05) is 17.2 Å². The second-order valence-corrected chi connectivity index (χ2v) is 9.45. The molecule has 3 aliphatic rings. The smallest absolute Gasteiger partial charge is 0.268 e. The van der Waals surface area contributed by atoms with E-state index < -0.39 is 10.7 Å². The fourth-order valence-corrected chi connectivity index (χ4v) is 6.09. The van der Waals surface area contributed by atoms with E-state index in [1.807, 2.05) is 18.2 Å². The zero-order valence-corrected chi connectivity index (χ0v) is 17.3. The summed E-state index contributed by atoms with van der Waals surface area (Å²) in [5.74, 6) is 0.0600. The second-order valence-electron chi connectivity index (χ2n) is 7.75. The van der Waals surface area contributed by atoms with Crippen molar-refractivity contribution in [3.8, 4) is 0 Å². The highest BCUT2D eigenvalue weighted by atomic mass is 35.5. The number of thioether (sulfide) groups is 1. The van der Waals surface area contributed by atoms with Gasteiger partial charge in [0.1, 0.15) is 5.82 Å². The molecular formula is C22H20ClFN2O2S. The van der Waals surface area contributed by atoms with Gasteiger partial charge in [0.25, 0.3) is 5.91 Å². The average Bonchev–Trinajstić information content (AvgIpc) is 3.19. The molecule has 0 aromatic heterocycles. The minimum absolute atomic E-state index is 0.0180. The van der Waals surface area contributed by atoms with Crippen LogP contribution in [-0.4, -0.2) is 29.0 Å². The minimum Gasteiger partial charge on any atom is -0.315 e. The van der Waals surface area contributed by atoms with Crippen LogP contribution in [0.2, 0.25) is 5.02 Å². The van der Waals surface area contributed by atoms with Crippen molar-refractivity contribution >= 4 is 40.9 Å². The highest BCUT2D eigenvalue weighted by molar-refractivity contribution is 8.01. The van der Waals surface area contributed by atoms with E-state index in [1.165, 1.54) is 23.9 Å². The van der Waals surface area contributed by atoms with Gasteiger partial charge in [-0.2, -0.15) is 0 Å². The molecule has 2 aromatic carbocycles. The molecule has 4 nitrogen and oxygen atoms in total. The first kappa shape index (κ1) is 18.9. The molecule has 29 heavy (non-hydrogen) atoms. The fourth-order valence-electron chi connectivity index (χ4n) is 4.44. The molecule has 2 fully saturated rings. The van der Waals surface area contributed by atoms with Crippen LogP contribution in [0.5, 0.6) is 0 Å². The van der Waals surface area contributed by atoms with Gasteiger partial charge in [-0.1, -0.05) is 36.2 Å². The lowest BCUT2D eigenvalue weighted by molar-refractivity contribution is -0.145. The number of rotatable bonds is 3. The predicted octanol–water partition coefficient (Wildman–Crippen LogP) is 4.55. The summed E-state index contributed by atoms with van der Waals surface area (Å²) < 4.78 is 14.2. The van der Waals surface area contributed by atoms with E-state index in [0.29, 0.717) is 28.6 Å². The van der Waals surface area contributed by atoms with Crippen molar-refractivity contribution in [3.63, 3.8) is 0 Å². The van der Waals surface area contributed by atoms with Crippen molar-refractivity contribution in [1.82, 2.24) is 4.90 Å². The maximum atomic E-state index is 14.2. The van der Waals surface area contributed by atoms with Crippen LogP contribution in [0.15, 0.2) is 42.5 Å². The lowest BCUT2D eigenvalue weighted by atomic mass is 9.84. The zero-order chi connectivity index (χ0) is 20.2. The van der Waals surface area contributed by atoms with Crippen LogP contribution in [-0.2, 0) is 21.0 Å². The molecular weight excluding hydrogens is 411 g/mol. The quantitative estimate of drug-likeness (QED) is 0.717. The summed E-state index contributed by atoms with van der Waals surface area (Å²) >= 11 is 7.77. The lowest BCUT2D eigenvalue weighted by Gasteiger charge is -2.37. The van der Waals surface area contributed by atoms with Crippen molar-refractivity contribution in [2.45, 2.75) is 30.7 Å². The van der Waals surface area contributed by atoms with Gasteiger partial charge in [-0.3, -0.25) is 9.59 Å². The minimum atomic E-state index is -1.18. The molecule has 2 heterocycles. The van der Waals surface area contributed by atoms with Gasteiger partial charge in [0.05, 0.1) is 12.2 Å². The van der Waals surface area contributed by atoms with E-state index in [0.717, 1.165) is 24.8 Å². The molecule has 150 valence electrons. The van der Waals surface area contributed by atoms with Gasteiger partial charge in [-0.25, -0.2) is 4.39 Å². The van der Waals surface area contributed by atoms with Crippen LogP contribution in [0.1, 0.15) is 30.4 Å². The molecule has 5 rings (SSSR count). The number of carbonyl (C=O) groups is 2. The number of hydrogen-bond donors (Lipinski definition) is 0. The van der Waals surface area contributed by atoms with E-state index in [2.05, 4.69) is 0 Å². The van der Waals surface area contributed by atoms with Gasteiger partial charge in [0.15, 0.2) is 4.87 Å². The largest absolute Gasteiger partial charge is 0.315 e.